The van der Waals surface area contributed by atoms with Crippen molar-refractivity contribution >= 4 is 12.1 Å². The minimum Gasteiger partial charge on any atom is -0.569 e. The maximum absolute atomic E-state index is 11.6. The number of hydrogen-bond donors (Lipinski definition) is 1. The Labute approximate surface area is 135 Å². The number of aliphatic carboxylic acids is 1. The second kappa shape index (κ2) is 11.3. The molecule has 0 fully saturated rings. The van der Waals surface area contributed by atoms with Crippen LogP contribution in [-0.4, -0.2) is 53.2 Å². The zero-order chi connectivity index (χ0) is 17.8. The third kappa shape index (κ3) is 12.0. The number of hydrogen-bond acceptors (Lipinski definition) is 7. The normalized spacial score (nSPS) is 12.7. The van der Waals surface area contributed by atoms with Crippen molar-refractivity contribution in [2.75, 3.05) is 13.6 Å². The van der Waals surface area contributed by atoms with Gasteiger partial charge in [-0.1, -0.05) is 6.42 Å². The van der Waals surface area contributed by atoms with Crippen molar-refractivity contribution in [3.63, 3.8) is 0 Å². The predicted molar refractivity (Wildman–Crippen MR) is 78.0 cm³/mol. The van der Waals surface area contributed by atoms with Gasteiger partial charge in [-0.3, -0.25) is 9.63 Å². The number of carbonyl (C=O) groups excluding carboxylic acids is 1. The molecule has 0 bridgehead atoms. The van der Waals surface area contributed by atoms with Gasteiger partial charge in [0.1, 0.15) is 0 Å². The molecule has 0 spiro atoms. The van der Waals surface area contributed by atoms with Gasteiger partial charge in [-0.2, -0.15) is 0 Å². The lowest BCUT2D eigenvalue weighted by molar-refractivity contribution is -0.707. The highest BCUT2D eigenvalue weighted by atomic mass is 16.8. The zero-order valence-corrected chi connectivity index (χ0v) is 13.9. The van der Waals surface area contributed by atoms with E-state index >= 15 is 0 Å². The Kier molecular flexibility index (Phi) is 10.2. The first kappa shape index (κ1) is 20.7. The lowest BCUT2D eigenvalue weighted by Crippen LogP contribution is -2.28. The molecule has 23 heavy (non-hydrogen) atoms. The largest absolute Gasteiger partial charge is 0.569 e. The molecule has 0 aromatic heterocycles. The van der Waals surface area contributed by atoms with Crippen LogP contribution in [0.4, 0.5) is 4.79 Å². The van der Waals surface area contributed by atoms with Crippen LogP contribution in [0.15, 0.2) is 5.28 Å². The van der Waals surface area contributed by atoms with Crippen molar-refractivity contribution in [1.29, 1.82) is 0 Å². The van der Waals surface area contributed by atoms with E-state index in [4.69, 9.17) is 19.4 Å². The van der Waals surface area contributed by atoms with Gasteiger partial charge in [0.05, 0.1) is 24.7 Å². The van der Waals surface area contributed by atoms with Crippen molar-refractivity contribution in [2.24, 2.45) is 5.28 Å². The topological polar surface area (TPSA) is 124 Å². The molecule has 0 amide bonds. The number of nitrogens with zero attached hydrogens (tertiary/aromatic N) is 3. The molecule has 10 heteroatoms. The fourth-order valence-electron chi connectivity index (χ4n) is 1.43. The van der Waals surface area contributed by atoms with Gasteiger partial charge >= 0.3 is 12.1 Å². The van der Waals surface area contributed by atoms with Crippen LogP contribution in [0, 0.1) is 5.21 Å². The van der Waals surface area contributed by atoms with Crippen LogP contribution in [0.1, 0.15) is 46.5 Å². The average molecular weight is 335 g/mol. The molecule has 0 radical (unpaired) electrons. The van der Waals surface area contributed by atoms with Crippen LogP contribution in [0.25, 0.3) is 0 Å². The van der Waals surface area contributed by atoms with Crippen LogP contribution < -0.4 is 0 Å². The highest BCUT2D eigenvalue weighted by Gasteiger charge is 2.15. The number of rotatable bonds is 11. The number of hydrazine groups is 1. The minimum atomic E-state index is -1.07. The van der Waals surface area contributed by atoms with Crippen LogP contribution in [0.5, 0.6) is 0 Å². The Hall–Kier alpha value is -2.26. The van der Waals surface area contributed by atoms with E-state index in [0.29, 0.717) is 25.8 Å². The Morgan fingerprint density at radius 1 is 1.22 bits per heavy atom. The molecule has 0 aliphatic carbocycles. The van der Waals surface area contributed by atoms with Gasteiger partial charge in [-0.15, -0.1) is 5.01 Å². The summed E-state index contributed by atoms with van der Waals surface area (Å²) >= 11 is 0. The highest BCUT2D eigenvalue weighted by Crippen LogP contribution is 2.03. The van der Waals surface area contributed by atoms with Crippen molar-refractivity contribution in [1.82, 2.24) is 5.01 Å². The molecule has 1 atom stereocenters. The molecule has 1 N–H and O–H groups in total. The summed E-state index contributed by atoms with van der Waals surface area (Å²) in [6.45, 7) is 5.12. The van der Waals surface area contributed by atoms with Crippen LogP contribution in [-0.2, 0) is 19.1 Å². The molecule has 0 aliphatic heterocycles. The fourth-order valence-corrected chi connectivity index (χ4v) is 1.43. The molecule has 0 aliphatic rings. The summed E-state index contributed by atoms with van der Waals surface area (Å²) in [5.74, 6) is -0.836. The Morgan fingerprint density at radius 3 is 2.43 bits per heavy atom. The highest BCUT2D eigenvalue weighted by molar-refractivity contribution is 5.66. The second-order valence-corrected chi connectivity index (χ2v) is 5.13. The fraction of sp³-hybridized carbons (Fsp3) is 0.846. The van der Waals surface area contributed by atoms with E-state index in [1.54, 1.807) is 13.8 Å². The molecule has 0 saturated heterocycles. The van der Waals surface area contributed by atoms with Crippen LogP contribution in [0.3, 0.4) is 0 Å². The quantitative estimate of drug-likeness (QED) is 0.152. The summed E-state index contributed by atoms with van der Waals surface area (Å²) in [6.07, 6.45) is -0.307. The molecular weight excluding hydrogens is 310 g/mol. The van der Waals surface area contributed by atoms with Gasteiger partial charge in [0, 0.05) is 13.3 Å². The first-order chi connectivity index (χ1) is 10.7. The number of unbranched alkanes of at least 4 members (excludes halogenated alkanes) is 2. The molecule has 0 rings (SSSR count). The Morgan fingerprint density at radius 2 is 1.87 bits per heavy atom. The van der Waals surface area contributed by atoms with Crippen molar-refractivity contribution in [2.45, 2.75) is 58.8 Å². The third-order valence-corrected chi connectivity index (χ3v) is 2.52. The Balaban J connectivity index is 3.98. The van der Waals surface area contributed by atoms with Crippen LogP contribution in [0.2, 0.25) is 0 Å². The predicted octanol–water partition coefficient (Wildman–Crippen LogP) is 2.28. The van der Waals surface area contributed by atoms with E-state index in [1.807, 2.05) is 0 Å². The second-order valence-electron chi connectivity index (χ2n) is 5.13. The van der Waals surface area contributed by atoms with E-state index < -0.39 is 18.4 Å². The SMILES string of the molecule is CC(C)OC(=O)OC(C)ON=[N+]([O-])N(C)CCCCCC(=O)O. The van der Waals surface area contributed by atoms with Gasteiger partial charge in [0.15, 0.2) is 0 Å². The lowest BCUT2D eigenvalue weighted by atomic mass is 10.2. The molecule has 0 aromatic carbocycles. The summed E-state index contributed by atoms with van der Waals surface area (Å²) in [7, 11) is 1.51. The summed E-state index contributed by atoms with van der Waals surface area (Å²) in [5.41, 5.74) is 0. The maximum Gasteiger partial charge on any atom is 0.511 e. The summed E-state index contributed by atoms with van der Waals surface area (Å²) < 4.78 is 9.45. The summed E-state index contributed by atoms with van der Waals surface area (Å²) in [6, 6.07) is 0. The average Bonchev–Trinajstić information content (AvgIpc) is 2.42. The smallest absolute Gasteiger partial charge is 0.511 e. The Bertz CT molecular complexity index is 401. The van der Waals surface area contributed by atoms with Gasteiger partial charge < -0.3 is 19.8 Å². The molecule has 10 nitrogen and oxygen atoms in total. The summed E-state index contributed by atoms with van der Waals surface area (Å²) in [5, 5.41) is 24.6. The zero-order valence-electron chi connectivity index (χ0n) is 13.9. The molecule has 0 saturated carbocycles. The van der Waals surface area contributed by atoms with Crippen molar-refractivity contribution in [3.05, 3.63) is 5.21 Å². The molecular formula is C13H25N3O7. The van der Waals surface area contributed by atoms with Gasteiger partial charge in [-0.05, 0) is 26.7 Å². The van der Waals surface area contributed by atoms with Gasteiger partial charge in [0.2, 0.25) is 5.28 Å². The maximum atomic E-state index is 11.6. The van der Waals surface area contributed by atoms with Crippen molar-refractivity contribution < 1.29 is 34.0 Å². The third-order valence-electron chi connectivity index (χ3n) is 2.52. The van der Waals surface area contributed by atoms with E-state index in [2.05, 4.69) is 5.28 Å². The number of carboxylic acid groups (broad SMARTS) is 1. The summed E-state index contributed by atoms with van der Waals surface area (Å²) in [4.78, 5) is 26.5. The molecule has 0 aromatic rings. The molecule has 1 unspecified atom stereocenters. The van der Waals surface area contributed by atoms with E-state index in [-0.39, 0.29) is 17.5 Å². The van der Waals surface area contributed by atoms with Gasteiger partial charge in [0.25, 0.3) is 6.29 Å². The van der Waals surface area contributed by atoms with E-state index in [9.17, 15) is 14.8 Å². The number of ether oxygens (including phenoxy) is 2. The molecule has 0 heterocycles. The molecule has 134 valence electrons. The van der Waals surface area contributed by atoms with Crippen molar-refractivity contribution in [3.8, 4) is 0 Å². The number of carbonyl (C=O) groups is 2. The van der Waals surface area contributed by atoms with E-state index in [1.165, 1.54) is 19.0 Å². The van der Waals surface area contributed by atoms with Gasteiger partial charge in [-0.25, -0.2) is 4.79 Å². The first-order valence-corrected chi connectivity index (χ1v) is 7.36. The lowest BCUT2D eigenvalue weighted by Gasteiger charge is -2.14. The van der Waals surface area contributed by atoms with Crippen LogP contribution >= 0.6 is 0 Å². The minimum absolute atomic E-state index is 0.111. The standard InChI is InChI=1S/C13H25N3O7/c1-10(2)21-13(19)22-11(3)23-14-16(20)15(4)9-7-5-6-8-12(17)18/h10-11H,5-9H2,1-4H3,(H,17,18). The monoisotopic (exact) mass is 335 g/mol. The number of carboxylic acids is 1. The first-order valence-electron chi connectivity index (χ1n) is 7.36. The van der Waals surface area contributed by atoms with E-state index in [0.717, 1.165) is 0 Å².